The molecule has 5 nitrogen and oxygen atoms in total. The van der Waals surface area contributed by atoms with Gasteiger partial charge in [0.1, 0.15) is 0 Å². The molecule has 2 aliphatic carbocycles. The van der Waals surface area contributed by atoms with Crippen molar-refractivity contribution in [2.75, 3.05) is 23.7 Å². The molecule has 2 saturated carbocycles. The number of anilines is 2. The largest absolute Gasteiger partial charge is 0.415 e. The fraction of sp³-hybridized carbons (Fsp3) is 0.314. The van der Waals surface area contributed by atoms with Crippen LogP contribution in [0, 0.1) is 23.2 Å². The quantitative estimate of drug-likeness (QED) is 0.165. The molecule has 0 bridgehead atoms. The first-order valence-corrected chi connectivity index (χ1v) is 14.5. The standard InChI is InChI=1S/C22H26N2O.C13H11F3N2/c25-16-23-21-8-4-7-20(13-21)22(19-5-2-1-3-6-19)24(14-17-9-10-17)15-18-11-12-18;1-9(13(14,15)16)6-10(2)18-12-5-3-4-11(7-12)8-17/h1-8,13,16-18,22H,9-12,14-15H2,(H,23,25);3-7,18H,1H2,2H3/b;10-6-. The second-order valence-electron chi connectivity index (χ2n) is 11.2. The van der Waals surface area contributed by atoms with Gasteiger partial charge in [0, 0.05) is 30.2 Å². The van der Waals surface area contributed by atoms with Gasteiger partial charge in [-0.15, -0.1) is 0 Å². The summed E-state index contributed by atoms with van der Waals surface area (Å²) in [5, 5.41) is 14.3. The van der Waals surface area contributed by atoms with Gasteiger partial charge in [-0.3, -0.25) is 9.69 Å². The van der Waals surface area contributed by atoms with E-state index in [1.54, 1.807) is 24.3 Å². The van der Waals surface area contributed by atoms with E-state index in [0.717, 1.165) is 30.0 Å². The molecule has 0 radical (unpaired) electrons. The zero-order valence-electron chi connectivity index (χ0n) is 24.3. The van der Waals surface area contributed by atoms with E-state index in [-0.39, 0.29) is 6.04 Å². The van der Waals surface area contributed by atoms with Crippen molar-refractivity contribution in [2.45, 2.75) is 44.8 Å². The van der Waals surface area contributed by atoms with Crippen molar-refractivity contribution < 1.29 is 18.0 Å². The highest BCUT2D eigenvalue weighted by Crippen LogP contribution is 2.39. The molecule has 5 rings (SSSR count). The molecule has 0 saturated heterocycles. The van der Waals surface area contributed by atoms with Gasteiger partial charge in [-0.2, -0.15) is 18.4 Å². The predicted molar refractivity (Wildman–Crippen MR) is 165 cm³/mol. The number of benzene rings is 3. The number of hydrogen-bond donors (Lipinski definition) is 2. The van der Waals surface area contributed by atoms with E-state index in [0.29, 0.717) is 16.9 Å². The Morgan fingerprint density at radius 2 is 1.56 bits per heavy atom. The molecule has 1 unspecified atom stereocenters. The zero-order valence-corrected chi connectivity index (χ0v) is 24.3. The van der Waals surface area contributed by atoms with Crippen molar-refractivity contribution in [3.63, 3.8) is 0 Å². The van der Waals surface area contributed by atoms with Crippen molar-refractivity contribution in [2.24, 2.45) is 11.8 Å². The average molecular weight is 587 g/mol. The van der Waals surface area contributed by atoms with Gasteiger partial charge in [-0.1, -0.05) is 55.1 Å². The van der Waals surface area contributed by atoms with Gasteiger partial charge in [0.15, 0.2) is 0 Å². The molecule has 0 spiro atoms. The minimum absolute atomic E-state index is 0.260. The summed E-state index contributed by atoms with van der Waals surface area (Å²) in [6.45, 7) is 6.81. The predicted octanol–water partition coefficient (Wildman–Crippen LogP) is 8.46. The molecule has 0 heterocycles. The highest BCUT2D eigenvalue weighted by Gasteiger charge is 2.34. The summed E-state index contributed by atoms with van der Waals surface area (Å²) >= 11 is 0. The number of alkyl halides is 3. The Morgan fingerprint density at radius 1 is 0.953 bits per heavy atom. The van der Waals surface area contributed by atoms with Crippen LogP contribution in [0.15, 0.2) is 103 Å². The van der Waals surface area contributed by atoms with E-state index in [1.165, 1.54) is 56.8 Å². The molecule has 1 atom stereocenters. The summed E-state index contributed by atoms with van der Waals surface area (Å²) in [7, 11) is 0. The number of carbonyl (C=O) groups is 1. The average Bonchev–Trinajstić information content (AvgIpc) is 3.92. The van der Waals surface area contributed by atoms with Crippen molar-refractivity contribution in [3.05, 3.63) is 119 Å². The number of allylic oxidation sites excluding steroid dienone is 3. The smallest absolute Gasteiger partial charge is 0.359 e. The number of amides is 1. The molecule has 2 N–H and O–H groups in total. The normalized spacial score (nSPS) is 15.5. The van der Waals surface area contributed by atoms with Gasteiger partial charge in [-0.05, 0) is 92.0 Å². The second-order valence-corrected chi connectivity index (χ2v) is 11.2. The lowest BCUT2D eigenvalue weighted by Crippen LogP contribution is -2.33. The van der Waals surface area contributed by atoms with Crippen LogP contribution in [-0.4, -0.2) is 30.6 Å². The topological polar surface area (TPSA) is 68.2 Å². The third-order valence-corrected chi connectivity index (χ3v) is 7.38. The van der Waals surface area contributed by atoms with Crippen LogP contribution in [0.25, 0.3) is 0 Å². The van der Waals surface area contributed by atoms with Crippen LogP contribution in [0.5, 0.6) is 0 Å². The van der Waals surface area contributed by atoms with Crippen molar-refractivity contribution in [1.82, 2.24) is 4.90 Å². The molecular weight excluding hydrogens is 549 g/mol. The van der Waals surface area contributed by atoms with Crippen LogP contribution < -0.4 is 10.6 Å². The fourth-order valence-corrected chi connectivity index (χ4v) is 4.94. The summed E-state index contributed by atoms with van der Waals surface area (Å²) in [5.41, 5.74) is 3.83. The van der Waals surface area contributed by atoms with Gasteiger partial charge >= 0.3 is 6.18 Å². The third-order valence-electron chi connectivity index (χ3n) is 7.38. The van der Waals surface area contributed by atoms with E-state index in [1.807, 2.05) is 18.2 Å². The van der Waals surface area contributed by atoms with Crippen LogP contribution in [0.1, 0.15) is 55.3 Å². The van der Waals surface area contributed by atoms with Crippen LogP contribution in [0.2, 0.25) is 0 Å². The maximum atomic E-state index is 12.3. The lowest BCUT2D eigenvalue weighted by atomic mass is 9.96. The van der Waals surface area contributed by atoms with Gasteiger partial charge in [0.25, 0.3) is 0 Å². The Balaban J connectivity index is 0.000000209. The molecule has 1 amide bonds. The van der Waals surface area contributed by atoms with Gasteiger partial charge < -0.3 is 10.6 Å². The van der Waals surface area contributed by atoms with Crippen LogP contribution >= 0.6 is 0 Å². The summed E-state index contributed by atoms with van der Waals surface area (Å²) in [5.74, 6) is 1.72. The van der Waals surface area contributed by atoms with Gasteiger partial charge in [-0.25, -0.2) is 0 Å². The Hall–Kier alpha value is -4.35. The van der Waals surface area contributed by atoms with Gasteiger partial charge in [0.05, 0.1) is 23.2 Å². The van der Waals surface area contributed by atoms with Crippen LogP contribution in [0.4, 0.5) is 24.5 Å². The Bertz CT molecular complexity index is 1440. The molecule has 0 aromatic heterocycles. The van der Waals surface area contributed by atoms with E-state index >= 15 is 0 Å². The first-order valence-electron chi connectivity index (χ1n) is 14.5. The molecule has 2 aliphatic rings. The Labute approximate surface area is 251 Å². The number of carbonyl (C=O) groups excluding carboxylic acids is 1. The van der Waals surface area contributed by atoms with Crippen molar-refractivity contribution in [1.29, 1.82) is 5.26 Å². The van der Waals surface area contributed by atoms with E-state index in [9.17, 15) is 18.0 Å². The number of nitriles is 1. The minimum atomic E-state index is -4.43. The second kappa shape index (κ2) is 14.7. The number of rotatable bonds is 12. The summed E-state index contributed by atoms with van der Waals surface area (Å²) in [6.07, 6.45) is 2.72. The molecule has 3 aromatic carbocycles. The fourth-order valence-electron chi connectivity index (χ4n) is 4.94. The number of nitrogens with zero attached hydrogens (tertiary/aromatic N) is 2. The van der Waals surface area contributed by atoms with Crippen LogP contribution in [0.3, 0.4) is 0 Å². The lowest BCUT2D eigenvalue weighted by Gasteiger charge is -2.33. The lowest BCUT2D eigenvalue weighted by molar-refractivity contribution is -0.105. The highest BCUT2D eigenvalue weighted by atomic mass is 19.4. The highest BCUT2D eigenvalue weighted by molar-refractivity contribution is 5.71. The molecule has 2 fully saturated rings. The third kappa shape index (κ3) is 10.2. The zero-order chi connectivity index (χ0) is 30.8. The van der Waals surface area contributed by atoms with E-state index in [4.69, 9.17) is 5.26 Å². The van der Waals surface area contributed by atoms with E-state index in [2.05, 4.69) is 64.6 Å². The number of nitrogens with one attached hydrogen (secondary N) is 2. The molecule has 43 heavy (non-hydrogen) atoms. The maximum absolute atomic E-state index is 12.3. The number of halogens is 3. The Kier molecular flexibility index (Phi) is 10.8. The molecule has 8 heteroatoms. The SMILES string of the molecule is C=C(/C=C(/C)Nc1cccc(C#N)c1)C(F)(F)F.O=CNc1cccc(C(c2ccccc2)N(CC2CC2)CC2CC2)c1. The first kappa shape index (κ1) is 31.6. The van der Waals surface area contributed by atoms with Gasteiger partial charge in [0.2, 0.25) is 6.41 Å². The summed E-state index contributed by atoms with van der Waals surface area (Å²) in [4.78, 5) is 13.5. The monoisotopic (exact) mass is 586 g/mol. The maximum Gasteiger partial charge on any atom is 0.415 e. The molecular formula is C35H37F3N4O. The summed E-state index contributed by atoms with van der Waals surface area (Å²) in [6, 6.07) is 27.8. The first-order chi connectivity index (χ1) is 20.7. The molecule has 0 aliphatic heterocycles. The van der Waals surface area contributed by atoms with E-state index < -0.39 is 11.7 Å². The summed E-state index contributed by atoms with van der Waals surface area (Å²) < 4.78 is 36.8. The molecule has 3 aromatic rings. The van der Waals surface area contributed by atoms with Crippen LogP contribution in [-0.2, 0) is 4.79 Å². The number of hydrogen-bond acceptors (Lipinski definition) is 4. The van der Waals surface area contributed by atoms with Crippen molar-refractivity contribution in [3.8, 4) is 6.07 Å². The minimum Gasteiger partial charge on any atom is -0.359 e. The van der Waals surface area contributed by atoms with Crippen molar-refractivity contribution >= 4 is 17.8 Å². The molecule has 224 valence electrons. The Morgan fingerprint density at radius 3 is 2.14 bits per heavy atom.